The van der Waals surface area contributed by atoms with E-state index in [4.69, 9.17) is 0 Å². The van der Waals surface area contributed by atoms with Crippen LogP contribution in [0.4, 0.5) is 15.9 Å². The van der Waals surface area contributed by atoms with Crippen LogP contribution in [0.5, 0.6) is 0 Å². The summed E-state index contributed by atoms with van der Waals surface area (Å²) in [7, 11) is -4.00. The third-order valence-electron chi connectivity index (χ3n) is 3.99. The van der Waals surface area contributed by atoms with Gasteiger partial charge in [0.05, 0.1) is 0 Å². The Balaban J connectivity index is 1.78. The topological polar surface area (TPSA) is 83.1 Å². The van der Waals surface area contributed by atoms with E-state index in [0.29, 0.717) is 17.2 Å². The number of nitrogens with one attached hydrogen (secondary N) is 3. The molecule has 24 heavy (non-hydrogen) atoms. The van der Waals surface area contributed by atoms with Gasteiger partial charge in [0.1, 0.15) is 10.7 Å². The second-order valence-electron chi connectivity index (χ2n) is 5.83. The van der Waals surface area contributed by atoms with Crippen molar-refractivity contribution in [3.05, 3.63) is 35.0 Å². The zero-order chi connectivity index (χ0) is 17.2. The van der Waals surface area contributed by atoms with E-state index in [-0.39, 0.29) is 10.7 Å². The summed E-state index contributed by atoms with van der Waals surface area (Å²) in [5.74, 6) is -0.0921. The van der Waals surface area contributed by atoms with Gasteiger partial charge in [-0.05, 0) is 67.6 Å². The predicted molar refractivity (Wildman–Crippen MR) is 93.5 cm³/mol. The van der Waals surface area contributed by atoms with Crippen molar-refractivity contribution in [2.45, 2.75) is 18.2 Å². The van der Waals surface area contributed by atoms with Gasteiger partial charge in [0.25, 0.3) is 10.0 Å². The Bertz CT molecular complexity index is 803. The maximum atomic E-state index is 14.4. The third-order valence-corrected chi connectivity index (χ3v) is 5.92. The van der Waals surface area contributed by atoms with Crippen molar-refractivity contribution in [2.24, 2.45) is 5.92 Å². The number of aryl methyl sites for hydroxylation is 1. The first-order valence-corrected chi connectivity index (χ1v) is 9.95. The van der Waals surface area contributed by atoms with Crippen LogP contribution in [0.1, 0.15) is 12.0 Å². The fourth-order valence-corrected chi connectivity index (χ4v) is 4.33. The zero-order valence-corrected chi connectivity index (χ0v) is 14.8. The number of halogens is 1. The molecule has 130 valence electrons. The van der Waals surface area contributed by atoms with Gasteiger partial charge in [0.15, 0.2) is 5.82 Å². The molecule has 1 fully saturated rings. The van der Waals surface area contributed by atoms with Crippen molar-refractivity contribution in [3.8, 4) is 0 Å². The predicted octanol–water partition coefficient (Wildman–Crippen LogP) is 2.41. The minimum absolute atomic E-state index is 0.188. The maximum absolute atomic E-state index is 14.4. The molecule has 0 aliphatic carbocycles. The molecular formula is C15H19FN4O2S2. The number of aromatic nitrogens is 1. The van der Waals surface area contributed by atoms with Gasteiger partial charge in [-0.3, -0.25) is 4.72 Å². The molecule has 0 saturated carbocycles. The van der Waals surface area contributed by atoms with Crippen LogP contribution in [0, 0.1) is 18.7 Å². The standard InChI is InChI=1S/C15H19FN4O2S2/c1-10-6-14(24(21,22)20-15-3-5-23-19-15)12(16)7-13(10)18-9-11-2-4-17-8-11/h3,5-7,11,17-18H,2,4,8-9H2,1H3,(H,19,20)/t11-/m0/s1. The normalized spacial score (nSPS) is 17.8. The Morgan fingerprint density at radius 3 is 2.96 bits per heavy atom. The van der Waals surface area contributed by atoms with Gasteiger partial charge in [-0.15, -0.1) is 0 Å². The van der Waals surface area contributed by atoms with Crippen molar-refractivity contribution in [2.75, 3.05) is 29.7 Å². The van der Waals surface area contributed by atoms with Gasteiger partial charge in [-0.2, -0.15) is 4.37 Å². The Morgan fingerprint density at radius 1 is 1.46 bits per heavy atom. The molecule has 1 atom stereocenters. The first kappa shape index (κ1) is 17.1. The molecule has 3 N–H and O–H groups in total. The Hall–Kier alpha value is -1.71. The highest BCUT2D eigenvalue weighted by Gasteiger charge is 2.22. The van der Waals surface area contributed by atoms with Crippen LogP contribution in [-0.2, 0) is 10.0 Å². The largest absolute Gasteiger partial charge is 0.384 e. The molecule has 0 bridgehead atoms. The molecule has 1 aromatic heterocycles. The molecule has 1 aliphatic rings. The Kier molecular flexibility index (Phi) is 5.02. The minimum Gasteiger partial charge on any atom is -0.384 e. The number of rotatable bonds is 6. The quantitative estimate of drug-likeness (QED) is 0.727. The summed E-state index contributed by atoms with van der Waals surface area (Å²) in [4.78, 5) is -0.374. The highest BCUT2D eigenvalue weighted by atomic mass is 32.2. The molecule has 0 amide bonds. The molecule has 2 heterocycles. The summed E-state index contributed by atoms with van der Waals surface area (Å²) in [6.07, 6.45) is 1.08. The smallest absolute Gasteiger partial charge is 0.266 e. The van der Waals surface area contributed by atoms with Crippen LogP contribution >= 0.6 is 11.5 Å². The fourth-order valence-electron chi connectivity index (χ4n) is 2.65. The monoisotopic (exact) mass is 370 g/mol. The van der Waals surface area contributed by atoms with Gasteiger partial charge in [0, 0.05) is 17.6 Å². The average Bonchev–Trinajstić information content (AvgIpc) is 3.20. The van der Waals surface area contributed by atoms with E-state index >= 15 is 0 Å². The lowest BCUT2D eigenvalue weighted by Crippen LogP contribution is -2.18. The number of sulfonamides is 1. The summed E-state index contributed by atoms with van der Waals surface area (Å²) in [6.45, 7) is 4.44. The maximum Gasteiger partial charge on any atom is 0.266 e. The van der Waals surface area contributed by atoms with Crippen molar-refractivity contribution < 1.29 is 12.8 Å². The third kappa shape index (κ3) is 3.85. The summed E-state index contributed by atoms with van der Waals surface area (Å²) < 4.78 is 45.2. The molecule has 3 rings (SSSR count). The highest BCUT2D eigenvalue weighted by molar-refractivity contribution is 7.92. The Labute approximate surface area is 144 Å². The van der Waals surface area contributed by atoms with Crippen molar-refractivity contribution in [1.29, 1.82) is 0 Å². The summed E-state index contributed by atoms with van der Waals surface area (Å²) in [5.41, 5.74) is 1.30. The fraction of sp³-hybridized carbons (Fsp3) is 0.400. The molecule has 1 aromatic carbocycles. The van der Waals surface area contributed by atoms with E-state index in [1.807, 2.05) is 0 Å². The molecule has 2 aromatic rings. The SMILES string of the molecule is Cc1cc(S(=O)(=O)Nc2ccsn2)c(F)cc1NC[C@H]1CCNC1. The second kappa shape index (κ2) is 7.04. The van der Waals surface area contributed by atoms with Crippen molar-refractivity contribution in [3.63, 3.8) is 0 Å². The first-order chi connectivity index (χ1) is 11.5. The molecule has 9 heteroatoms. The first-order valence-electron chi connectivity index (χ1n) is 7.63. The van der Waals surface area contributed by atoms with Crippen molar-refractivity contribution in [1.82, 2.24) is 9.69 Å². The number of nitrogens with zero attached hydrogens (tertiary/aromatic N) is 1. The minimum atomic E-state index is -4.00. The lowest BCUT2D eigenvalue weighted by atomic mass is 10.1. The lowest BCUT2D eigenvalue weighted by Gasteiger charge is -2.15. The zero-order valence-electron chi connectivity index (χ0n) is 13.2. The van der Waals surface area contributed by atoms with Crippen LogP contribution in [-0.4, -0.2) is 32.4 Å². The van der Waals surface area contributed by atoms with Crippen LogP contribution in [0.15, 0.2) is 28.5 Å². The summed E-state index contributed by atoms with van der Waals surface area (Å²) in [6, 6.07) is 4.12. The van der Waals surface area contributed by atoms with E-state index in [0.717, 1.165) is 37.6 Å². The van der Waals surface area contributed by atoms with Gasteiger partial charge < -0.3 is 10.6 Å². The number of benzene rings is 1. The van der Waals surface area contributed by atoms with Crippen LogP contribution in [0.3, 0.4) is 0 Å². The van der Waals surface area contributed by atoms with Gasteiger partial charge in [-0.1, -0.05) is 0 Å². The molecule has 1 aliphatic heterocycles. The van der Waals surface area contributed by atoms with Gasteiger partial charge in [-0.25, -0.2) is 12.8 Å². The summed E-state index contributed by atoms with van der Waals surface area (Å²) >= 11 is 1.12. The van der Waals surface area contributed by atoms with Crippen LogP contribution in [0.2, 0.25) is 0 Å². The van der Waals surface area contributed by atoms with E-state index < -0.39 is 15.8 Å². The van der Waals surface area contributed by atoms with Crippen LogP contribution < -0.4 is 15.4 Å². The summed E-state index contributed by atoms with van der Waals surface area (Å²) in [5, 5.41) is 8.14. The van der Waals surface area contributed by atoms with E-state index in [1.54, 1.807) is 12.3 Å². The van der Waals surface area contributed by atoms with Crippen LogP contribution in [0.25, 0.3) is 0 Å². The van der Waals surface area contributed by atoms with Crippen molar-refractivity contribution >= 4 is 33.1 Å². The van der Waals surface area contributed by atoms with Gasteiger partial charge >= 0.3 is 0 Å². The second-order valence-corrected chi connectivity index (χ2v) is 8.14. The molecule has 0 unspecified atom stereocenters. The van der Waals surface area contributed by atoms with E-state index in [1.165, 1.54) is 18.2 Å². The number of hydrogen-bond donors (Lipinski definition) is 3. The van der Waals surface area contributed by atoms with E-state index in [9.17, 15) is 12.8 Å². The van der Waals surface area contributed by atoms with Gasteiger partial charge in [0.2, 0.25) is 0 Å². The average molecular weight is 370 g/mol. The number of hydrogen-bond acceptors (Lipinski definition) is 6. The number of anilines is 2. The highest BCUT2D eigenvalue weighted by Crippen LogP contribution is 2.25. The Morgan fingerprint density at radius 2 is 2.29 bits per heavy atom. The molecule has 1 saturated heterocycles. The molecule has 0 radical (unpaired) electrons. The molecular weight excluding hydrogens is 351 g/mol. The molecule has 6 nitrogen and oxygen atoms in total. The molecule has 0 spiro atoms. The lowest BCUT2D eigenvalue weighted by molar-refractivity contribution is 0.569. The van der Waals surface area contributed by atoms with E-state index in [2.05, 4.69) is 19.7 Å².